The van der Waals surface area contributed by atoms with Crippen molar-refractivity contribution in [1.82, 2.24) is 0 Å². The molecule has 0 heterocycles. The van der Waals surface area contributed by atoms with E-state index in [1.807, 2.05) is 13.8 Å². The van der Waals surface area contributed by atoms with Gasteiger partial charge in [0.2, 0.25) is 0 Å². The monoisotopic (exact) mass is 258 g/mol. The van der Waals surface area contributed by atoms with E-state index in [0.717, 1.165) is 12.8 Å². The van der Waals surface area contributed by atoms with E-state index in [2.05, 4.69) is 6.92 Å². The van der Waals surface area contributed by atoms with E-state index in [1.165, 1.54) is 12.8 Å². The highest BCUT2D eigenvalue weighted by Crippen LogP contribution is 2.31. The van der Waals surface area contributed by atoms with Gasteiger partial charge in [-0.05, 0) is 26.2 Å². The molecule has 1 N–H and O–H groups in total. The van der Waals surface area contributed by atoms with Gasteiger partial charge in [0.25, 0.3) is 0 Å². The molecule has 0 bridgehead atoms. The van der Waals surface area contributed by atoms with Crippen LogP contribution in [0.15, 0.2) is 0 Å². The minimum absolute atomic E-state index is 0.0882. The smallest absolute Gasteiger partial charge is 0.312 e. The molecule has 0 saturated heterocycles. The van der Waals surface area contributed by atoms with E-state index in [4.69, 9.17) is 4.74 Å². The third-order valence-corrected chi connectivity index (χ3v) is 3.41. The van der Waals surface area contributed by atoms with Crippen molar-refractivity contribution in [2.75, 3.05) is 6.61 Å². The molecule has 0 fully saturated rings. The van der Waals surface area contributed by atoms with Crippen molar-refractivity contribution in [3.8, 4) is 0 Å². The lowest BCUT2D eigenvalue weighted by atomic mass is 9.78. The fourth-order valence-electron chi connectivity index (χ4n) is 2.54. The van der Waals surface area contributed by atoms with Gasteiger partial charge in [0.1, 0.15) is 0 Å². The van der Waals surface area contributed by atoms with Crippen LogP contribution in [-0.4, -0.2) is 23.3 Å². The summed E-state index contributed by atoms with van der Waals surface area (Å²) in [7, 11) is 0. The Morgan fingerprint density at radius 2 is 1.83 bits per heavy atom. The fourth-order valence-corrected chi connectivity index (χ4v) is 2.54. The van der Waals surface area contributed by atoms with Crippen LogP contribution in [0.4, 0.5) is 0 Å². The molecule has 3 nitrogen and oxygen atoms in total. The minimum atomic E-state index is -0.964. The average molecular weight is 258 g/mol. The van der Waals surface area contributed by atoms with Crippen molar-refractivity contribution < 1.29 is 14.6 Å². The molecule has 0 amide bonds. The predicted octanol–water partition coefficient (Wildman–Crippen LogP) is 3.54. The van der Waals surface area contributed by atoms with Crippen molar-refractivity contribution in [2.45, 2.75) is 72.3 Å². The van der Waals surface area contributed by atoms with Crippen LogP contribution >= 0.6 is 0 Å². The maximum Gasteiger partial charge on any atom is 0.312 e. The molecule has 2 unspecified atom stereocenters. The van der Waals surface area contributed by atoms with E-state index in [-0.39, 0.29) is 11.9 Å². The summed E-state index contributed by atoms with van der Waals surface area (Å²) in [6.07, 6.45) is 5.09. The number of rotatable bonds is 9. The van der Waals surface area contributed by atoms with E-state index in [9.17, 15) is 9.90 Å². The van der Waals surface area contributed by atoms with E-state index >= 15 is 0 Å². The van der Waals surface area contributed by atoms with Gasteiger partial charge in [-0.1, -0.05) is 46.5 Å². The first-order valence-corrected chi connectivity index (χ1v) is 7.25. The summed E-state index contributed by atoms with van der Waals surface area (Å²) in [6, 6.07) is 0. The number of esters is 1. The highest BCUT2D eigenvalue weighted by atomic mass is 16.5. The Morgan fingerprint density at radius 1 is 1.22 bits per heavy atom. The molecular formula is C15H30O3. The van der Waals surface area contributed by atoms with Gasteiger partial charge >= 0.3 is 5.97 Å². The molecular weight excluding hydrogens is 228 g/mol. The SMILES string of the molecule is CCCCCCC(C)(O)C(C(=O)OCC)C(C)C. The number of aliphatic hydroxyl groups is 1. The molecule has 0 aliphatic heterocycles. The van der Waals surface area contributed by atoms with Gasteiger partial charge < -0.3 is 9.84 Å². The van der Waals surface area contributed by atoms with Crippen molar-refractivity contribution in [3.05, 3.63) is 0 Å². The molecule has 3 heteroatoms. The summed E-state index contributed by atoms with van der Waals surface area (Å²) in [5, 5.41) is 10.5. The Bertz CT molecular complexity index is 234. The molecule has 0 aliphatic carbocycles. The van der Waals surface area contributed by atoms with Gasteiger partial charge in [-0.25, -0.2) is 0 Å². The van der Waals surface area contributed by atoms with Crippen LogP contribution < -0.4 is 0 Å². The number of carbonyl (C=O) groups excluding carboxylic acids is 1. The van der Waals surface area contributed by atoms with Gasteiger partial charge in [-0.15, -0.1) is 0 Å². The molecule has 2 atom stereocenters. The lowest BCUT2D eigenvalue weighted by Gasteiger charge is -2.34. The van der Waals surface area contributed by atoms with E-state index < -0.39 is 11.5 Å². The molecule has 0 spiro atoms. The van der Waals surface area contributed by atoms with Crippen LogP contribution in [0.1, 0.15) is 66.7 Å². The number of hydrogen-bond donors (Lipinski definition) is 1. The first-order valence-electron chi connectivity index (χ1n) is 7.25. The zero-order valence-corrected chi connectivity index (χ0v) is 12.7. The Kier molecular flexibility index (Phi) is 8.25. The maximum absolute atomic E-state index is 11.9. The first-order chi connectivity index (χ1) is 8.36. The van der Waals surface area contributed by atoms with Gasteiger partial charge in [0.05, 0.1) is 18.1 Å². The van der Waals surface area contributed by atoms with Crippen molar-refractivity contribution in [1.29, 1.82) is 0 Å². The Labute approximate surface area is 112 Å². The fraction of sp³-hybridized carbons (Fsp3) is 0.933. The van der Waals surface area contributed by atoms with Gasteiger partial charge in [-0.3, -0.25) is 4.79 Å². The highest BCUT2D eigenvalue weighted by molar-refractivity contribution is 5.74. The van der Waals surface area contributed by atoms with Crippen molar-refractivity contribution in [3.63, 3.8) is 0 Å². The topological polar surface area (TPSA) is 46.5 Å². The van der Waals surface area contributed by atoms with E-state index in [1.54, 1.807) is 13.8 Å². The van der Waals surface area contributed by atoms with Crippen LogP contribution in [0.25, 0.3) is 0 Å². The number of hydrogen-bond acceptors (Lipinski definition) is 3. The first kappa shape index (κ1) is 17.4. The van der Waals surface area contributed by atoms with Gasteiger partial charge in [-0.2, -0.15) is 0 Å². The van der Waals surface area contributed by atoms with Crippen LogP contribution in [0, 0.1) is 11.8 Å². The zero-order valence-electron chi connectivity index (χ0n) is 12.7. The van der Waals surface area contributed by atoms with Gasteiger partial charge in [0.15, 0.2) is 0 Å². The molecule has 0 radical (unpaired) electrons. The normalized spacial score (nSPS) is 16.4. The van der Waals surface area contributed by atoms with Crippen LogP contribution in [0.3, 0.4) is 0 Å². The third kappa shape index (κ3) is 5.85. The Morgan fingerprint density at radius 3 is 2.28 bits per heavy atom. The third-order valence-electron chi connectivity index (χ3n) is 3.41. The van der Waals surface area contributed by atoms with Gasteiger partial charge in [0, 0.05) is 0 Å². The number of unbranched alkanes of at least 4 members (excludes halogenated alkanes) is 3. The molecule has 108 valence electrons. The Hall–Kier alpha value is -0.570. The standard InChI is InChI=1S/C15H30O3/c1-6-8-9-10-11-15(5,17)13(12(3)4)14(16)18-7-2/h12-13,17H,6-11H2,1-5H3. The summed E-state index contributed by atoms with van der Waals surface area (Å²) in [6.45, 7) is 10.0. The molecule has 0 rings (SSSR count). The molecule has 0 aromatic carbocycles. The van der Waals surface area contributed by atoms with E-state index in [0.29, 0.717) is 13.0 Å². The van der Waals surface area contributed by atoms with Crippen molar-refractivity contribution >= 4 is 5.97 Å². The van der Waals surface area contributed by atoms with Crippen LogP contribution in [0.5, 0.6) is 0 Å². The number of ether oxygens (including phenoxy) is 1. The molecule has 18 heavy (non-hydrogen) atoms. The largest absolute Gasteiger partial charge is 0.466 e. The number of carbonyl (C=O) groups is 1. The van der Waals surface area contributed by atoms with Crippen molar-refractivity contribution in [2.24, 2.45) is 11.8 Å². The highest BCUT2D eigenvalue weighted by Gasteiger charge is 2.40. The molecule has 0 saturated carbocycles. The molecule has 0 aromatic rings. The second kappa shape index (κ2) is 8.52. The second-order valence-electron chi connectivity index (χ2n) is 5.64. The lowest BCUT2D eigenvalue weighted by molar-refractivity contribution is -0.161. The maximum atomic E-state index is 11.9. The predicted molar refractivity (Wildman–Crippen MR) is 74.3 cm³/mol. The quantitative estimate of drug-likeness (QED) is 0.508. The lowest BCUT2D eigenvalue weighted by Crippen LogP contribution is -2.43. The summed E-state index contributed by atoms with van der Waals surface area (Å²) in [5.41, 5.74) is -0.964. The minimum Gasteiger partial charge on any atom is -0.466 e. The Balaban J connectivity index is 4.50. The second-order valence-corrected chi connectivity index (χ2v) is 5.64. The summed E-state index contributed by atoms with van der Waals surface area (Å²) in [5.74, 6) is -0.614. The average Bonchev–Trinajstić information content (AvgIpc) is 2.23. The van der Waals surface area contributed by atoms with Crippen LogP contribution in [0.2, 0.25) is 0 Å². The summed E-state index contributed by atoms with van der Waals surface area (Å²) in [4.78, 5) is 11.9. The summed E-state index contributed by atoms with van der Waals surface area (Å²) >= 11 is 0. The molecule has 0 aromatic heterocycles. The van der Waals surface area contributed by atoms with Crippen LogP contribution in [-0.2, 0) is 9.53 Å². The summed E-state index contributed by atoms with van der Waals surface area (Å²) < 4.78 is 5.08. The zero-order chi connectivity index (χ0) is 14.2. The molecule has 0 aliphatic rings.